The van der Waals surface area contributed by atoms with Gasteiger partial charge < -0.3 is 0 Å². The maximum Gasteiger partial charge on any atom is 0.249 e. The lowest BCUT2D eigenvalue weighted by molar-refractivity contribution is -0.147. The monoisotopic (exact) mass is 157 g/mol. The Bertz CT molecular complexity index is 147. The first-order valence-corrected chi connectivity index (χ1v) is 4.08. The van der Waals surface area contributed by atoms with Crippen molar-refractivity contribution in [3.63, 3.8) is 0 Å². The van der Waals surface area contributed by atoms with Crippen molar-refractivity contribution >= 4 is 5.91 Å². The van der Waals surface area contributed by atoms with Crippen molar-refractivity contribution in [2.75, 3.05) is 7.11 Å². The van der Waals surface area contributed by atoms with Gasteiger partial charge >= 0.3 is 0 Å². The molecule has 1 saturated carbocycles. The lowest BCUT2D eigenvalue weighted by Crippen LogP contribution is -2.44. The molecule has 0 aromatic rings. The lowest BCUT2D eigenvalue weighted by Gasteiger charge is -2.38. The molecule has 1 rings (SSSR count). The molecule has 64 valence electrons. The van der Waals surface area contributed by atoms with Crippen LogP contribution in [0.3, 0.4) is 0 Å². The molecule has 1 aliphatic carbocycles. The van der Waals surface area contributed by atoms with Crippen molar-refractivity contribution in [2.24, 2.45) is 5.41 Å². The zero-order valence-electron chi connectivity index (χ0n) is 7.14. The Hall–Kier alpha value is -0.570. The minimum atomic E-state index is -0.101. The summed E-state index contributed by atoms with van der Waals surface area (Å²) in [6.45, 7) is 2.05. The Labute approximate surface area is 67.1 Å². The fourth-order valence-electron chi connectivity index (χ4n) is 1.55. The minimum Gasteiger partial charge on any atom is -0.277 e. The highest BCUT2D eigenvalue weighted by atomic mass is 16.6. The zero-order chi connectivity index (χ0) is 8.32. The van der Waals surface area contributed by atoms with Crippen LogP contribution in [0.4, 0.5) is 0 Å². The third-order valence-corrected chi connectivity index (χ3v) is 2.66. The van der Waals surface area contributed by atoms with Crippen LogP contribution in [-0.2, 0) is 9.63 Å². The first kappa shape index (κ1) is 8.53. The molecule has 3 heteroatoms. The Kier molecular flexibility index (Phi) is 2.49. The van der Waals surface area contributed by atoms with E-state index in [-0.39, 0.29) is 11.3 Å². The van der Waals surface area contributed by atoms with E-state index in [1.54, 1.807) is 0 Å². The molecule has 11 heavy (non-hydrogen) atoms. The van der Waals surface area contributed by atoms with Gasteiger partial charge in [-0.3, -0.25) is 9.63 Å². The average molecular weight is 157 g/mol. The molecule has 0 heterocycles. The largest absolute Gasteiger partial charge is 0.277 e. The second-order valence-electron chi connectivity index (χ2n) is 3.12. The van der Waals surface area contributed by atoms with Gasteiger partial charge in [-0.2, -0.15) is 0 Å². The highest BCUT2D eigenvalue weighted by Gasteiger charge is 2.42. The number of hydroxylamine groups is 1. The summed E-state index contributed by atoms with van der Waals surface area (Å²) in [5.41, 5.74) is 2.30. The topological polar surface area (TPSA) is 38.3 Å². The normalized spacial score (nSPS) is 20.5. The summed E-state index contributed by atoms with van der Waals surface area (Å²) in [4.78, 5) is 15.9. The molecule has 1 N–H and O–H groups in total. The Balaban J connectivity index is 2.47. The van der Waals surface area contributed by atoms with Gasteiger partial charge in [0, 0.05) is 0 Å². The average Bonchev–Trinajstić information content (AvgIpc) is 1.87. The molecule has 0 bridgehead atoms. The van der Waals surface area contributed by atoms with E-state index in [1.165, 1.54) is 13.5 Å². The first-order valence-electron chi connectivity index (χ1n) is 4.08. The molecular formula is C8H15NO2. The summed E-state index contributed by atoms with van der Waals surface area (Å²) in [7, 11) is 1.47. The molecule has 0 aromatic heterocycles. The van der Waals surface area contributed by atoms with Crippen molar-refractivity contribution in [2.45, 2.75) is 32.6 Å². The molecule has 0 atom stereocenters. The third kappa shape index (κ3) is 1.38. The van der Waals surface area contributed by atoms with E-state index in [2.05, 4.69) is 17.2 Å². The van der Waals surface area contributed by atoms with Crippen LogP contribution in [0.2, 0.25) is 0 Å². The molecular weight excluding hydrogens is 142 g/mol. The highest BCUT2D eigenvalue weighted by molar-refractivity contribution is 5.82. The highest BCUT2D eigenvalue weighted by Crippen LogP contribution is 2.43. The van der Waals surface area contributed by atoms with E-state index in [4.69, 9.17) is 0 Å². The number of nitrogens with one attached hydrogen (secondary N) is 1. The van der Waals surface area contributed by atoms with Crippen LogP contribution in [0.15, 0.2) is 0 Å². The van der Waals surface area contributed by atoms with Crippen LogP contribution in [0.25, 0.3) is 0 Å². The van der Waals surface area contributed by atoms with Crippen molar-refractivity contribution in [1.29, 1.82) is 0 Å². The maximum absolute atomic E-state index is 11.3. The van der Waals surface area contributed by atoms with Gasteiger partial charge in [-0.05, 0) is 19.3 Å². The standard InChI is InChI=1S/C8H15NO2/c1-3-8(5-4-6-8)7(10)9-11-2/h3-6H2,1-2H3,(H,9,10). The lowest BCUT2D eigenvalue weighted by atomic mass is 9.66. The second kappa shape index (κ2) is 3.22. The molecule has 0 saturated heterocycles. The van der Waals surface area contributed by atoms with Crippen LogP contribution in [0.5, 0.6) is 0 Å². The summed E-state index contributed by atoms with van der Waals surface area (Å²) in [5, 5.41) is 0. The van der Waals surface area contributed by atoms with Crippen LogP contribution < -0.4 is 5.48 Å². The van der Waals surface area contributed by atoms with Gasteiger partial charge in [-0.1, -0.05) is 13.3 Å². The molecule has 0 aliphatic heterocycles. The van der Waals surface area contributed by atoms with E-state index in [0.29, 0.717) is 0 Å². The quantitative estimate of drug-likeness (QED) is 0.626. The van der Waals surface area contributed by atoms with Crippen LogP contribution in [0.1, 0.15) is 32.6 Å². The van der Waals surface area contributed by atoms with Gasteiger partial charge in [-0.15, -0.1) is 0 Å². The third-order valence-electron chi connectivity index (χ3n) is 2.66. The fraction of sp³-hybridized carbons (Fsp3) is 0.875. The van der Waals surface area contributed by atoms with Crippen molar-refractivity contribution in [1.82, 2.24) is 5.48 Å². The molecule has 0 spiro atoms. The Morgan fingerprint density at radius 3 is 2.55 bits per heavy atom. The molecule has 1 aliphatic rings. The van der Waals surface area contributed by atoms with Crippen molar-refractivity contribution in [3.8, 4) is 0 Å². The second-order valence-corrected chi connectivity index (χ2v) is 3.12. The van der Waals surface area contributed by atoms with E-state index >= 15 is 0 Å². The van der Waals surface area contributed by atoms with Gasteiger partial charge in [0.15, 0.2) is 0 Å². The van der Waals surface area contributed by atoms with Crippen LogP contribution in [0, 0.1) is 5.41 Å². The summed E-state index contributed by atoms with van der Waals surface area (Å²) in [6.07, 6.45) is 4.12. The van der Waals surface area contributed by atoms with Crippen LogP contribution >= 0.6 is 0 Å². The predicted molar refractivity (Wildman–Crippen MR) is 41.7 cm³/mol. The van der Waals surface area contributed by atoms with E-state index < -0.39 is 0 Å². The van der Waals surface area contributed by atoms with Gasteiger partial charge in [0.05, 0.1) is 12.5 Å². The van der Waals surface area contributed by atoms with E-state index in [9.17, 15) is 4.79 Å². The SMILES string of the molecule is CCC1(C(=O)NOC)CCC1. The number of carbonyl (C=O) groups excluding carboxylic acids is 1. The van der Waals surface area contributed by atoms with Gasteiger partial charge in [0.25, 0.3) is 0 Å². The van der Waals surface area contributed by atoms with Gasteiger partial charge in [0.1, 0.15) is 0 Å². The summed E-state index contributed by atoms with van der Waals surface area (Å²) < 4.78 is 0. The summed E-state index contributed by atoms with van der Waals surface area (Å²) in [6, 6.07) is 0. The number of rotatable bonds is 3. The molecule has 1 fully saturated rings. The fourth-order valence-corrected chi connectivity index (χ4v) is 1.55. The number of amides is 1. The minimum absolute atomic E-state index is 0.0498. The molecule has 0 aromatic carbocycles. The molecule has 3 nitrogen and oxygen atoms in total. The Morgan fingerprint density at radius 2 is 2.27 bits per heavy atom. The van der Waals surface area contributed by atoms with Gasteiger partial charge in [-0.25, -0.2) is 5.48 Å². The molecule has 0 unspecified atom stereocenters. The number of carbonyl (C=O) groups is 1. The van der Waals surface area contributed by atoms with E-state index in [0.717, 1.165) is 19.3 Å². The van der Waals surface area contributed by atoms with Crippen molar-refractivity contribution in [3.05, 3.63) is 0 Å². The van der Waals surface area contributed by atoms with E-state index in [1.807, 2.05) is 0 Å². The maximum atomic E-state index is 11.3. The number of hydrogen-bond donors (Lipinski definition) is 1. The van der Waals surface area contributed by atoms with Gasteiger partial charge in [0.2, 0.25) is 5.91 Å². The molecule has 1 amide bonds. The molecule has 0 radical (unpaired) electrons. The summed E-state index contributed by atoms with van der Waals surface area (Å²) >= 11 is 0. The first-order chi connectivity index (χ1) is 5.25. The smallest absolute Gasteiger partial charge is 0.249 e. The number of hydrogen-bond acceptors (Lipinski definition) is 2. The zero-order valence-corrected chi connectivity index (χ0v) is 7.14. The summed E-state index contributed by atoms with van der Waals surface area (Å²) in [5.74, 6) is 0.0498. The predicted octanol–water partition coefficient (Wildman–Crippen LogP) is 1.24. The Morgan fingerprint density at radius 1 is 1.64 bits per heavy atom. The van der Waals surface area contributed by atoms with Crippen molar-refractivity contribution < 1.29 is 9.63 Å². The van der Waals surface area contributed by atoms with Crippen LogP contribution in [-0.4, -0.2) is 13.0 Å².